The van der Waals surface area contributed by atoms with Gasteiger partial charge in [0.1, 0.15) is 6.10 Å². The molecule has 5 heteroatoms. The molecule has 1 unspecified atom stereocenters. The smallest absolute Gasteiger partial charge is 0.256 e. The van der Waals surface area contributed by atoms with Crippen molar-refractivity contribution in [3.8, 4) is 0 Å². The summed E-state index contributed by atoms with van der Waals surface area (Å²) in [6.07, 6.45) is 6.48. The normalized spacial score (nSPS) is 20.6. The standard InChI is InChI=1S/C11H19N3O2/c12-7-9(15)11-13-10(14-16-11)8-5-3-1-2-4-6-8/h8-9,15H,1-7,12H2. The van der Waals surface area contributed by atoms with E-state index in [1.165, 1.54) is 25.7 Å². The Morgan fingerprint density at radius 2 is 2.00 bits per heavy atom. The second kappa shape index (κ2) is 5.41. The summed E-state index contributed by atoms with van der Waals surface area (Å²) >= 11 is 0. The molecule has 1 saturated carbocycles. The molecule has 2 rings (SSSR count). The second-order valence-electron chi connectivity index (χ2n) is 4.43. The van der Waals surface area contributed by atoms with Gasteiger partial charge in [0.15, 0.2) is 5.82 Å². The zero-order valence-corrected chi connectivity index (χ0v) is 9.43. The average molecular weight is 225 g/mol. The van der Waals surface area contributed by atoms with Gasteiger partial charge in [0.2, 0.25) is 0 Å². The molecule has 90 valence electrons. The molecule has 0 bridgehead atoms. The molecule has 1 atom stereocenters. The Bertz CT molecular complexity index is 319. The largest absolute Gasteiger partial charge is 0.382 e. The molecule has 3 N–H and O–H groups in total. The first kappa shape index (κ1) is 11.5. The number of hydrogen-bond donors (Lipinski definition) is 2. The Balaban J connectivity index is 2.05. The van der Waals surface area contributed by atoms with Crippen LogP contribution in [0.2, 0.25) is 0 Å². The summed E-state index contributed by atoms with van der Waals surface area (Å²) in [6.45, 7) is 0.117. The molecule has 0 aliphatic heterocycles. The maximum Gasteiger partial charge on any atom is 0.256 e. The summed E-state index contributed by atoms with van der Waals surface area (Å²) in [7, 11) is 0. The molecule has 0 radical (unpaired) electrons. The molecule has 16 heavy (non-hydrogen) atoms. The van der Waals surface area contributed by atoms with E-state index in [1.54, 1.807) is 0 Å². The Morgan fingerprint density at radius 1 is 1.31 bits per heavy atom. The summed E-state index contributed by atoms with van der Waals surface area (Å²) in [5, 5.41) is 13.4. The van der Waals surface area contributed by atoms with Gasteiger partial charge in [0, 0.05) is 12.5 Å². The van der Waals surface area contributed by atoms with Crippen molar-refractivity contribution >= 4 is 0 Å². The number of hydrogen-bond acceptors (Lipinski definition) is 5. The zero-order valence-electron chi connectivity index (χ0n) is 9.43. The van der Waals surface area contributed by atoms with E-state index in [4.69, 9.17) is 10.3 Å². The van der Waals surface area contributed by atoms with Gasteiger partial charge in [0.05, 0.1) is 0 Å². The predicted molar refractivity (Wildman–Crippen MR) is 58.8 cm³/mol. The van der Waals surface area contributed by atoms with Crippen molar-refractivity contribution in [2.24, 2.45) is 5.73 Å². The van der Waals surface area contributed by atoms with Crippen molar-refractivity contribution < 1.29 is 9.63 Å². The number of rotatable bonds is 3. The lowest BCUT2D eigenvalue weighted by Gasteiger charge is -2.07. The van der Waals surface area contributed by atoms with Crippen LogP contribution in [-0.4, -0.2) is 21.8 Å². The van der Waals surface area contributed by atoms with Gasteiger partial charge in [-0.25, -0.2) is 0 Å². The van der Waals surface area contributed by atoms with Crippen LogP contribution in [0.4, 0.5) is 0 Å². The van der Waals surface area contributed by atoms with Crippen LogP contribution in [0.1, 0.15) is 62.3 Å². The van der Waals surface area contributed by atoms with E-state index < -0.39 is 6.10 Å². The number of nitrogens with two attached hydrogens (primary N) is 1. The van der Waals surface area contributed by atoms with Crippen LogP contribution in [0.15, 0.2) is 4.52 Å². The highest BCUT2D eigenvalue weighted by Crippen LogP contribution is 2.30. The highest BCUT2D eigenvalue weighted by molar-refractivity contribution is 4.98. The maximum absolute atomic E-state index is 9.48. The van der Waals surface area contributed by atoms with Crippen molar-refractivity contribution in [1.29, 1.82) is 0 Å². The van der Waals surface area contributed by atoms with Crippen molar-refractivity contribution in [2.75, 3.05) is 6.54 Å². The topological polar surface area (TPSA) is 85.2 Å². The monoisotopic (exact) mass is 225 g/mol. The maximum atomic E-state index is 9.48. The van der Waals surface area contributed by atoms with E-state index in [2.05, 4.69) is 10.1 Å². The van der Waals surface area contributed by atoms with E-state index in [9.17, 15) is 5.11 Å². The zero-order chi connectivity index (χ0) is 11.4. The highest BCUT2D eigenvalue weighted by Gasteiger charge is 2.21. The first-order valence-corrected chi connectivity index (χ1v) is 6.03. The van der Waals surface area contributed by atoms with Gasteiger partial charge in [-0.3, -0.25) is 0 Å². The van der Waals surface area contributed by atoms with Crippen LogP contribution < -0.4 is 5.73 Å². The predicted octanol–water partition coefficient (Wildman–Crippen LogP) is 1.50. The summed E-state index contributed by atoms with van der Waals surface area (Å²) in [6, 6.07) is 0. The number of nitrogens with zero attached hydrogens (tertiary/aromatic N) is 2. The molecule has 1 aromatic rings. The van der Waals surface area contributed by atoms with Gasteiger partial charge in [-0.2, -0.15) is 4.98 Å². The minimum Gasteiger partial charge on any atom is -0.382 e. The molecule has 1 heterocycles. The Hall–Kier alpha value is -0.940. The summed E-state index contributed by atoms with van der Waals surface area (Å²) in [5.41, 5.74) is 5.34. The third-order valence-corrected chi connectivity index (χ3v) is 3.19. The van der Waals surface area contributed by atoms with Crippen LogP contribution >= 0.6 is 0 Å². The van der Waals surface area contributed by atoms with Gasteiger partial charge in [0.25, 0.3) is 5.89 Å². The number of aliphatic hydroxyl groups excluding tert-OH is 1. The van der Waals surface area contributed by atoms with Gasteiger partial charge < -0.3 is 15.4 Å². The first-order chi connectivity index (χ1) is 7.81. The molecular weight excluding hydrogens is 206 g/mol. The van der Waals surface area contributed by atoms with Crippen LogP contribution in [0, 0.1) is 0 Å². The van der Waals surface area contributed by atoms with Crippen molar-refractivity contribution in [3.63, 3.8) is 0 Å². The summed E-state index contributed by atoms with van der Waals surface area (Å²) < 4.78 is 5.02. The second-order valence-corrected chi connectivity index (χ2v) is 4.43. The van der Waals surface area contributed by atoms with E-state index in [0.29, 0.717) is 5.92 Å². The van der Waals surface area contributed by atoms with Crippen LogP contribution in [-0.2, 0) is 0 Å². The lowest BCUT2D eigenvalue weighted by atomic mass is 10.00. The van der Waals surface area contributed by atoms with Gasteiger partial charge in [-0.05, 0) is 12.8 Å². The number of aliphatic hydroxyl groups is 1. The molecule has 5 nitrogen and oxygen atoms in total. The molecule has 1 fully saturated rings. The number of aromatic nitrogens is 2. The lowest BCUT2D eigenvalue weighted by molar-refractivity contribution is 0.141. The molecule has 0 aromatic carbocycles. The molecule has 1 aromatic heterocycles. The van der Waals surface area contributed by atoms with Gasteiger partial charge >= 0.3 is 0 Å². The van der Waals surface area contributed by atoms with E-state index >= 15 is 0 Å². The van der Waals surface area contributed by atoms with Gasteiger partial charge in [-0.15, -0.1) is 0 Å². The third-order valence-electron chi connectivity index (χ3n) is 3.19. The van der Waals surface area contributed by atoms with E-state index in [0.717, 1.165) is 18.7 Å². The fraction of sp³-hybridized carbons (Fsp3) is 0.818. The fourth-order valence-electron chi connectivity index (χ4n) is 2.19. The summed E-state index contributed by atoms with van der Waals surface area (Å²) in [4.78, 5) is 4.24. The molecule has 1 aliphatic rings. The molecule has 0 amide bonds. The molecule has 0 saturated heterocycles. The van der Waals surface area contributed by atoms with E-state index in [1.807, 2.05) is 0 Å². The highest BCUT2D eigenvalue weighted by atomic mass is 16.5. The fourth-order valence-corrected chi connectivity index (χ4v) is 2.19. The quantitative estimate of drug-likeness (QED) is 0.761. The minimum atomic E-state index is -0.827. The average Bonchev–Trinajstić information content (AvgIpc) is 2.64. The Morgan fingerprint density at radius 3 is 2.62 bits per heavy atom. The first-order valence-electron chi connectivity index (χ1n) is 6.03. The minimum absolute atomic E-state index is 0.117. The van der Waals surface area contributed by atoms with Crippen molar-refractivity contribution in [2.45, 2.75) is 50.5 Å². The third kappa shape index (κ3) is 2.59. The van der Waals surface area contributed by atoms with Crippen LogP contribution in [0.3, 0.4) is 0 Å². The SMILES string of the molecule is NCC(O)c1nc(C2CCCCCC2)no1. The molecular formula is C11H19N3O2. The van der Waals surface area contributed by atoms with Crippen molar-refractivity contribution in [3.05, 3.63) is 11.7 Å². The van der Waals surface area contributed by atoms with Crippen LogP contribution in [0.5, 0.6) is 0 Å². The molecule has 1 aliphatic carbocycles. The van der Waals surface area contributed by atoms with Crippen molar-refractivity contribution in [1.82, 2.24) is 10.1 Å². The lowest BCUT2D eigenvalue weighted by Crippen LogP contribution is -2.12. The summed E-state index contributed by atoms with van der Waals surface area (Å²) in [5.74, 6) is 1.39. The van der Waals surface area contributed by atoms with Gasteiger partial charge in [-0.1, -0.05) is 30.8 Å². The molecule has 0 spiro atoms. The Labute approximate surface area is 95.0 Å². The van der Waals surface area contributed by atoms with E-state index in [-0.39, 0.29) is 12.4 Å². The Kier molecular flexibility index (Phi) is 3.90. The van der Waals surface area contributed by atoms with Crippen LogP contribution in [0.25, 0.3) is 0 Å².